The van der Waals surface area contributed by atoms with Gasteiger partial charge < -0.3 is 14.5 Å². The average molecular weight is 308 g/mol. The summed E-state index contributed by atoms with van der Waals surface area (Å²) in [4.78, 5) is 22.4. The number of nitrogens with one attached hydrogen (secondary N) is 1. The fourth-order valence-electron chi connectivity index (χ4n) is 3.52. The highest BCUT2D eigenvalue weighted by Gasteiger charge is 2.30. The maximum atomic E-state index is 13.1. The summed E-state index contributed by atoms with van der Waals surface area (Å²) < 4.78 is 2.17. The Labute approximate surface area is 134 Å². The number of carbonyl (C=O) groups is 1. The number of aryl methyl sites for hydroxylation is 3. The minimum atomic E-state index is 0.116. The molecule has 118 valence electrons. The number of benzene rings is 1. The molecule has 0 unspecified atom stereocenters. The van der Waals surface area contributed by atoms with Gasteiger partial charge >= 0.3 is 0 Å². The molecule has 23 heavy (non-hydrogen) atoms. The second-order valence-corrected chi connectivity index (χ2v) is 6.35. The molecule has 1 aliphatic heterocycles. The van der Waals surface area contributed by atoms with Gasteiger partial charge in [-0.2, -0.15) is 0 Å². The van der Waals surface area contributed by atoms with E-state index in [-0.39, 0.29) is 5.91 Å². The molecule has 0 radical (unpaired) electrons. The van der Waals surface area contributed by atoms with Crippen LogP contribution >= 0.6 is 0 Å². The Hall–Kier alpha value is -2.56. The summed E-state index contributed by atoms with van der Waals surface area (Å²) in [7, 11) is 2.05. The van der Waals surface area contributed by atoms with Gasteiger partial charge in [0.25, 0.3) is 5.91 Å². The van der Waals surface area contributed by atoms with Crippen LogP contribution in [0.1, 0.15) is 33.0 Å². The smallest absolute Gasteiger partial charge is 0.256 e. The number of fused-ring (bicyclic) bond motifs is 3. The van der Waals surface area contributed by atoms with Crippen LogP contribution in [-0.4, -0.2) is 31.9 Å². The molecule has 1 amide bonds. The number of amides is 1. The van der Waals surface area contributed by atoms with Gasteiger partial charge in [-0.1, -0.05) is 11.6 Å². The molecule has 1 N–H and O–H groups in total. The fraction of sp³-hybridized carbons (Fsp3) is 0.333. The van der Waals surface area contributed by atoms with Gasteiger partial charge in [-0.25, -0.2) is 4.98 Å². The van der Waals surface area contributed by atoms with E-state index in [1.54, 1.807) is 6.33 Å². The van der Waals surface area contributed by atoms with Crippen LogP contribution in [-0.2, 0) is 20.0 Å². The van der Waals surface area contributed by atoms with Crippen molar-refractivity contribution in [3.05, 3.63) is 52.7 Å². The molecule has 3 heterocycles. The largest absolute Gasteiger partial charge is 0.348 e. The van der Waals surface area contributed by atoms with E-state index in [0.717, 1.165) is 46.5 Å². The molecule has 1 aliphatic rings. The lowest BCUT2D eigenvalue weighted by molar-refractivity contribution is 0.0725. The number of carbonyl (C=O) groups excluding carboxylic acids is 1. The lowest BCUT2D eigenvalue weighted by Gasteiger charge is -2.27. The van der Waals surface area contributed by atoms with Crippen molar-refractivity contribution in [1.82, 2.24) is 19.4 Å². The summed E-state index contributed by atoms with van der Waals surface area (Å²) in [5.74, 6) is 0.116. The predicted octanol–water partition coefficient (Wildman–Crippen LogP) is 2.72. The van der Waals surface area contributed by atoms with Gasteiger partial charge in [0.1, 0.15) is 0 Å². The third kappa shape index (κ3) is 2.07. The van der Waals surface area contributed by atoms with E-state index in [1.165, 1.54) is 5.56 Å². The zero-order chi connectivity index (χ0) is 16.1. The number of nitrogens with zero attached hydrogens (tertiary/aromatic N) is 3. The van der Waals surface area contributed by atoms with Crippen LogP contribution in [0, 0.1) is 13.8 Å². The van der Waals surface area contributed by atoms with Crippen molar-refractivity contribution in [3.8, 4) is 0 Å². The summed E-state index contributed by atoms with van der Waals surface area (Å²) in [6, 6.07) is 6.33. The van der Waals surface area contributed by atoms with Crippen molar-refractivity contribution in [2.75, 3.05) is 6.54 Å². The first kappa shape index (κ1) is 14.1. The second-order valence-electron chi connectivity index (χ2n) is 6.35. The van der Waals surface area contributed by atoms with Crippen molar-refractivity contribution >= 4 is 16.8 Å². The van der Waals surface area contributed by atoms with Crippen LogP contribution in [0.2, 0.25) is 0 Å². The first-order valence-electron chi connectivity index (χ1n) is 7.92. The van der Waals surface area contributed by atoms with E-state index < -0.39 is 0 Å². The van der Waals surface area contributed by atoms with Crippen molar-refractivity contribution < 1.29 is 4.79 Å². The zero-order valence-corrected chi connectivity index (χ0v) is 13.7. The van der Waals surface area contributed by atoms with Crippen LogP contribution < -0.4 is 0 Å². The molecule has 3 aromatic rings. The number of rotatable bonds is 2. The van der Waals surface area contributed by atoms with Gasteiger partial charge in [-0.05, 0) is 26.0 Å². The third-order valence-electron chi connectivity index (χ3n) is 4.87. The van der Waals surface area contributed by atoms with Crippen LogP contribution in [0.5, 0.6) is 0 Å². The normalized spacial score (nSPS) is 14.6. The van der Waals surface area contributed by atoms with E-state index in [0.29, 0.717) is 6.54 Å². The molecule has 2 aromatic heterocycles. The second kappa shape index (κ2) is 4.98. The third-order valence-corrected chi connectivity index (χ3v) is 4.87. The van der Waals surface area contributed by atoms with Crippen LogP contribution in [0.4, 0.5) is 0 Å². The Morgan fingerprint density at radius 2 is 2.13 bits per heavy atom. The maximum absolute atomic E-state index is 13.1. The highest BCUT2D eigenvalue weighted by Crippen LogP contribution is 2.31. The summed E-state index contributed by atoms with van der Waals surface area (Å²) in [6.07, 6.45) is 2.57. The molecule has 4 rings (SSSR count). The number of imidazole rings is 1. The summed E-state index contributed by atoms with van der Waals surface area (Å²) >= 11 is 0. The first-order chi connectivity index (χ1) is 11.1. The van der Waals surface area contributed by atoms with Crippen molar-refractivity contribution in [1.29, 1.82) is 0 Å². The standard InChI is InChI=1S/C18H20N4O/c1-11-4-5-15-13(8-11)17-16(21(15)3)6-7-22(18(17)23)9-14-12(2)19-10-20-14/h4-5,8,10H,6-7,9H2,1-3H3,(H,19,20). The van der Waals surface area contributed by atoms with Crippen LogP contribution in [0.25, 0.3) is 10.9 Å². The average Bonchev–Trinajstić information content (AvgIpc) is 3.05. The number of hydrogen-bond acceptors (Lipinski definition) is 2. The zero-order valence-electron chi connectivity index (χ0n) is 13.7. The minimum absolute atomic E-state index is 0.116. The van der Waals surface area contributed by atoms with E-state index >= 15 is 0 Å². The Bertz CT molecular complexity index is 919. The molecule has 0 saturated heterocycles. The molecule has 5 nitrogen and oxygen atoms in total. The Morgan fingerprint density at radius 3 is 2.87 bits per heavy atom. The molecular weight excluding hydrogens is 288 g/mol. The van der Waals surface area contributed by atoms with Crippen LogP contribution in [0.15, 0.2) is 24.5 Å². The number of aromatic amines is 1. The maximum Gasteiger partial charge on any atom is 0.256 e. The van der Waals surface area contributed by atoms with E-state index in [2.05, 4.69) is 46.7 Å². The molecular formula is C18H20N4O. The highest BCUT2D eigenvalue weighted by atomic mass is 16.2. The Kier molecular flexibility index (Phi) is 3.04. The predicted molar refractivity (Wildman–Crippen MR) is 89.4 cm³/mol. The van der Waals surface area contributed by atoms with Gasteiger partial charge in [0.2, 0.25) is 0 Å². The molecule has 0 fully saturated rings. The molecule has 0 atom stereocenters. The van der Waals surface area contributed by atoms with Gasteiger partial charge in [0.15, 0.2) is 0 Å². The number of aromatic nitrogens is 3. The van der Waals surface area contributed by atoms with Gasteiger partial charge in [0.05, 0.1) is 24.1 Å². The summed E-state index contributed by atoms with van der Waals surface area (Å²) in [5.41, 5.74) is 6.29. The Balaban J connectivity index is 1.79. The first-order valence-corrected chi connectivity index (χ1v) is 7.92. The highest BCUT2D eigenvalue weighted by molar-refractivity contribution is 6.09. The van der Waals surface area contributed by atoms with Crippen molar-refractivity contribution in [2.24, 2.45) is 7.05 Å². The lowest BCUT2D eigenvalue weighted by Crippen LogP contribution is -2.37. The van der Waals surface area contributed by atoms with E-state index in [4.69, 9.17) is 0 Å². The lowest BCUT2D eigenvalue weighted by atomic mass is 10.0. The molecule has 0 saturated carbocycles. The van der Waals surface area contributed by atoms with Gasteiger partial charge in [-0.15, -0.1) is 0 Å². The number of hydrogen-bond donors (Lipinski definition) is 1. The minimum Gasteiger partial charge on any atom is -0.348 e. The molecule has 0 bridgehead atoms. The molecule has 5 heteroatoms. The number of H-pyrrole nitrogens is 1. The van der Waals surface area contributed by atoms with Gasteiger partial charge in [0, 0.05) is 42.3 Å². The van der Waals surface area contributed by atoms with E-state index in [1.807, 2.05) is 11.8 Å². The summed E-state index contributed by atoms with van der Waals surface area (Å²) in [6.45, 7) is 5.36. The molecule has 0 spiro atoms. The van der Waals surface area contributed by atoms with E-state index in [9.17, 15) is 4.79 Å². The van der Waals surface area contributed by atoms with Gasteiger partial charge in [-0.3, -0.25) is 4.79 Å². The molecule has 0 aliphatic carbocycles. The Morgan fingerprint density at radius 1 is 1.30 bits per heavy atom. The fourth-order valence-corrected chi connectivity index (χ4v) is 3.52. The van der Waals surface area contributed by atoms with Crippen molar-refractivity contribution in [2.45, 2.75) is 26.8 Å². The topological polar surface area (TPSA) is 53.9 Å². The summed E-state index contributed by atoms with van der Waals surface area (Å²) in [5, 5.41) is 1.07. The van der Waals surface area contributed by atoms with Crippen molar-refractivity contribution in [3.63, 3.8) is 0 Å². The van der Waals surface area contributed by atoms with Crippen LogP contribution in [0.3, 0.4) is 0 Å². The monoisotopic (exact) mass is 308 g/mol. The quantitative estimate of drug-likeness (QED) is 0.791. The SMILES string of the molecule is Cc1ccc2c(c1)c1c(n2C)CCN(Cc2nc[nH]c2C)C1=O. The molecule has 1 aromatic carbocycles.